The summed E-state index contributed by atoms with van der Waals surface area (Å²) in [5, 5.41) is 0. The van der Waals surface area contributed by atoms with Gasteiger partial charge in [-0.15, -0.1) is 0 Å². The van der Waals surface area contributed by atoms with E-state index in [-0.39, 0.29) is 0 Å². The fourth-order valence-electron chi connectivity index (χ4n) is 9.33. The van der Waals surface area contributed by atoms with E-state index in [1.54, 1.807) is 51.4 Å². The molecule has 4 aliphatic rings. The van der Waals surface area contributed by atoms with Gasteiger partial charge in [0.15, 0.2) is 0 Å². The van der Waals surface area contributed by atoms with Gasteiger partial charge in [-0.25, -0.2) is 0 Å². The normalized spacial score (nSPS) is 47.9. The molecule has 4 aliphatic carbocycles. The zero-order chi connectivity index (χ0) is 20.1. The fourth-order valence-corrected chi connectivity index (χ4v) is 9.33. The summed E-state index contributed by atoms with van der Waals surface area (Å²) in [7, 11) is 0. The van der Waals surface area contributed by atoms with Crippen molar-refractivity contribution in [2.24, 2.45) is 58.2 Å². The molecular weight excluding hydrogens is 336 g/mol. The summed E-state index contributed by atoms with van der Waals surface area (Å²) < 4.78 is 0. The Labute approximate surface area is 177 Å². The maximum atomic E-state index is 2.75. The Kier molecular flexibility index (Phi) is 6.01. The Hall–Kier alpha value is 0. The largest absolute Gasteiger partial charge is 0.0625 e. The summed E-state index contributed by atoms with van der Waals surface area (Å²) in [6, 6.07) is 0. The molecule has 0 bridgehead atoms. The van der Waals surface area contributed by atoms with Crippen LogP contribution in [-0.2, 0) is 0 Å². The molecule has 0 aromatic carbocycles. The molecule has 0 saturated heterocycles. The van der Waals surface area contributed by atoms with Gasteiger partial charge in [0, 0.05) is 0 Å². The zero-order valence-electron chi connectivity index (χ0n) is 20.1. The van der Waals surface area contributed by atoms with Crippen LogP contribution in [0.25, 0.3) is 0 Å². The summed E-state index contributed by atoms with van der Waals surface area (Å²) in [5.74, 6) is 7.96. The summed E-state index contributed by atoms with van der Waals surface area (Å²) in [5.41, 5.74) is 1.37. The van der Waals surface area contributed by atoms with Crippen LogP contribution in [0.15, 0.2) is 0 Å². The summed E-state index contributed by atoms with van der Waals surface area (Å²) in [6.07, 6.45) is 18.4. The molecular formula is C28H50. The molecule has 0 N–H and O–H groups in total. The zero-order valence-corrected chi connectivity index (χ0v) is 20.1. The van der Waals surface area contributed by atoms with Gasteiger partial charge in [-0.1, -0.05) is 67.2 Å². The third-order valence-electron chi connectivity index (χ3n) is 11.6. The first-order valence-corrected chi connectivity index (χ1v) is 13.3. The SMILES string of the molecule is CC(C)[C@@H](C)CC[C@H](C)[C@H]1CC[C@@H]2[C@@H]3CCC4CCCC[C@]4(C)[C@H]3CC[C@@]21C. The first kappa shape index (κ1) is 21.2. The highest BCUT2D eigenvalue weighted by Crippen LogP contribution is 2.68. The Morgan fingerprint density at radius 3 is 2.21 bits per heavy atom. The van der Waals surface area contributed by atoms with Gasteiger partial charge in [-0.05, 0) is 110 Å². The lowest BCUT2D eigenvalue weighted by molar-refractivity contribution is -0.114. The lowest BCUT2D eigenvalue weighted by Crippen LogP contribution is -2.53. The van der Waals surface area contributed by atoms with Gasteiger partial charge in [0.25, 0.3) is 0 Å². The molecule has 0 radical (unpaired) electrons. The van der Waals surface area contributed by atoms with Crippen LogP contribution in [-0.4, -0.2) is 0 Å². The molecule has 0 aromatic heterocycles. The van der Waals surface area contributed by atoms with E-state index in [9.17, 15) is 0 Å². The average Bonchev–Trinajstić information content (AvgIpc) is 3.02. The van der Waals surface area contributed by atoms with E-state index in [4.69, 9.17) is 0 Å². The summed E-state index contributed by atoms with van der Waals surface area (Å²) in [4.78, 5) is 0. The second-order valence-electron chi connectivity index (χ2n) is 12.9. The first-order valence-electron chi connectivity index (χ1n) is 13.3. The maximum absolute atomic E-state index is 2.75. The van der Waals surface area contributed by atoms with Crippen LogP contribution in [0.4, 0.5) is 0 Å². The lowest BCUT2D eigenvalue weighted by atomic mass is 9.44. The highest BCUT2D eigenvalue weighted by Gasteiger charge is 2.60. The third kappa shape index (κ3) is 3.41. The van der Waals surface area contributed by atoms with Gasteiger partial charge >= 0.3 is 0 Å². The van der Waals surface area contributed by atoms with E-state index in [0.717, 1.165) is 47.3 Å². The Bertz CT molecular complexity index is 534. The predicted molar refractivity (Wildman–Crippen MR) is 122 cm³/mol. The van der Waals surface area contributed by atoms with E-state index in [1.165, 1.54) is 25.7 Å². The van der Waals surface area contributed by atoms with Crippen LogP contribution in [0.2, 0.25) is 0 Å². The second-order valence-corrected chi connectivity index (χ2v) is 12.9. The molecule has 0 heteroatoms. The first-order chi connectivity index (χ1) is 13.3. The monoisotopic (exact) mass is 386 g/mol. The van der Waals surface area contributed by atoms with Crippen LogP contribution >= 0.6 is 0 Å². The topological polar surface area (TPSA) is 0 Å². The molecule has 0 aromatic rings. The van der Waals surface area contributed by atoms with Crippen molar-refractivity contribution in [1.29, 1.82) is 0 Å². The number of rotatable bonds is 5. The highest BCUT2D eigenvalue weighted by atomic mass is 14.6. The van der Waals surface area contributed by atoms with Crippen molar-refractivity contribution in [3.8, 4) is 0 Å². The van der Waals surface area contributed by atoms with Crippen LogP contribution in [0.3, 0.4) is 0 Å². The average molecular weight is 387 g/mol. The standard InChI is InChI=1S/C28H50/c1-19(2)20(3)10-11-21(4)24-14-15-25-23-13-12-22-9-7-8-17-27(22,5)26(23)16-18-28(24,25)6/h19-26H,7-18H2,1-6H3/t20-,21-,22?,23-,24+,25+,26-,27-,28+/m0/s1. The Morgan fingerprint density at radius 2 is 1.46 bits per heavy atom. The second kappa shape index (κ2) is 7.92. The minimum absolute atomic E-state index is 0.666. The van der Waals surface area contributed by atoms with Crippen molar-refractivity contribution in [3.05, 3.63) is 0 Å². The Balaban J connectivity index is 1.46. The summed E-state index contributed by atoms with van der Waals surface area (Å²) >= 11 is 0. The van der Waals surface area contributed by atoms with Gasteiger partial charge in [-0.2, -0.15) is 0 Å². The highest BCUT2D eigenvalue weighted by molar-refractivity contribution is 5.09. The van der Waals surface area contributed by atoms with Crippen molar-refractivity contribution in [1.82, 2.24) is 0 Å². The van der Waals surface area contributed by atoms with Gasteiger partial charge in [0.05, 0.1) is 0 Å². The molecule has 9 atom stereocenters. The van der Waals surface area contributed by atoms with Crippen LogP contribution in [0.1, 0.15) is 119 Å². The van der Waals surface area contributed by atoms with Gasteiger partial charge in [-0.3, -0.25) is 0 Å². The molecule has 1 unspecified atom stereocenters. The molecule has 0 heterocycles. The summed E-state index contributed by atoms with van der Waals surface area (Å²) in [6.45, 7) is 15.4. The van der Waals surface area contributed by atoms with Crippen LogP contribution in [0.5, 0.6) is 0 Å². The Morgan fingerprint density at radius 1 is 0.714 bits per heavy atom. The van der Waals surface area contributed by atoms with Crippen molar-refractivity contribution < 1.29 is 0 Å². The smallest absolute Gasteiger partial charge is 0.0264 e. The number of fused-ring (bicyclic) bond motifs is 5. The molecule has 162 valence electrons. The predicted octanol–water partition coefficient (Wildman–Crippen LogP) is 8.74. The van der Waals surface area contributed by atoms with E-state index >= 15 is 0 Å². The van der Waals surface area contributed by atoms with E-state index in [0.29, 0.717) is 10.8 Å². The maximum Gasteiger partial charge on any atom is -0.0264 e. The molecule has 28 heavy (non-hydrogen) atoms. The molecule has 0 nitrogen and oxygen atoms in total. The molecule has 0 spiro atoms. The van der Waals surface area contributed by atoms with Gasteiger partial charge in [0.1, 0.15) is 0 Å². The lowest BCUT2D eigenvalue weighted by Gasteiger charge is -2.61. The van der Waals surface area contributed by atoms with Crippen molar-refractivity contribution in [2.45, 2.75) is 119 Å². The van der Waals surface area contributed by atoms with E-state index < -0.39 is 0 Å². The molecule has 4 fully saturated rings. The van der Waals surface area contributed by atoms with Gasteiger partial charge in [0.2, 0.25) is 0 Å². The molecule has 4 rings (SSSR count). The quantitative estimate of drug-likeness (QED) is 0.443. The third-order valence-corrected chi connectivity index (χ3v) is 11.6. The fraction of sp³-hybridized carbons (Fsp3) is 1.00. The minimum atomic E-state index is 0.666. The molecule has 0 aliphatic heterocycles. The van der Waals surface area contributed by atoms with Crippen molar-refractivity contribution >= 4 is 0 Å². The van der Waals surface area contributed by atoms with Crippen molar-refractivity contribution in [3.63, 3.8) is 0 Å². The van der Waals surface area contributed by atoms with Gasteiger partial charge < -0.3 is 0 Å². The number of hydrogen-bond donors (Lipinski definition) is 0. The molecule has 0 amide bonds. The van der Waals surface area contributed by atoms with Crippen LogP contribution < -0.4 is 0 Å². The van der Waals surface area contributed by atoms with Crippen LogP contribution in [0, 0.1) is 58.2 Å². The van der Waals surface area contributed by atoms with E-state index in [1.807, 2.05) is 0 Å². The van der Waals surface area contributed by atoms with E-state index in [2.05, 4.69) is 41.5 Å². The van der Waals surface area contributed by atoms with Crippen molar-refractivity contribution in [2.75, 3.05) is 0 Å². The minimum Gasteiger partial charge on any atom is -0.0625 e. The molecule has 4 saturated carbocycles. The number of hydrogen-bond acceptors (Lipinski definition) is 0.